The molecule has 0 atom stereocenters. The highest BCUT2D eigenvalue weighted by molar-refractivity contribution is 5.82. The van der Waals surface area contributed by atoms with Crippen LogP contribution in [0.15, 0.2) is 22.3 Å². The summed E-state index contributed by atoms with van der Waals surface area (Å²) in [7, 11) is 0. The Hall–Kier alpha value is -1.12. The van der Waals surface area contributed by atoms with Crippen LogP contribution in [0.3, 0.4) is 0 Å². The number of amidine groups is 1. The Morgan fingerprint density at radius 1 is 1.60 bits per heavy atom. The topological polar surface area (TPSA) is 36.8 Å². The maximum atomic E-state index is 4.18. The molecule has 3 nitrogen and oxygen atoms in total. The van der Waals surface area contributed by atoms with Crippen LogP contribution in [-0.2, 0) is 0 Å². The fourth-order valence-corrected chi connectivity index (χ4v) is 0.660. The van der Waals surface area contributed by atoms with Crippen LogP contribution in [0.1, 0.15) is 6.92 Å². The van der Waals surface area contributed by atoms with E-state index >= 15 is 0 Å². The Labute approximate surface area is 60.6 Å². The first kappa shape index (κ1) is 6.99. The Balaban J connectivity index is 2.54. The molecule has 0 saturated carbocycles. The molecule has 0 aromatic rings. The standard InChI is InChI=1S/C7H11N3/c1-7-9-4-2-3-8-5-6-10-7/h2-3,5H,4,6H2,1H3,(H,9,10)/b3-2-,8-5?. The van der Waals surface area contributed by atoms with Gasteiger partial charge in [-0.1, -0.05) is 0 Å². The molecule has 1 aliphatic heterocycles. The SMILES string of the molecule is CC1=NC/C=C\N=CCN1. The lowest BCUT2D eigenvalue weighted by molar-refractivity contribution is 1.06. The van der Waals surface area contributed by atoms with Crippen LogP contribution >= 0.6 is 0 Å². The fourth-order valence-electron chi connectivity index (χ4n) is 0.660. The third-order valence-electron chi connectivity index (χ3n) is 1.18. The maximum absolute atomic E-state index is 4.18. The van der Waals surface area contributed by atoms with Crippen molar-refractivity contribution in [2.75, 3.05) is 13.1 Å². The molecule has 0 saturated heterocycles. The van der Waals surface area contributed by atoms with E-state index in [0.29, 0.717) is 0 Å². The van der Waals surface area contributed by atoms with Crippen molar-refractivity contribution in [3.63, 3.8) is 0 Å². The number of nitrogens with zero attached hydrogens (tertiary/aromatic N) is 2. The summed E-state index contributed by atoms with van der Waals surface area (Å²) >= 11 is 0. The molecule has 54 valence electrons. The number of aliphatic imine (C=N–C) groups is 2. The highest BCUT2D eigenvalue weighted by Gasteiger charge is 1.86. The van der Waals surface area contributed by atoms with Gasteiger partial charge in [0, 0.05) is 12.4 Å². The van der Waals surface area contributed by atoms with Crippen molar-refractivity contribution < 1.29 is 0 Å². The van der Waals surface area contributed by atoms with Crippen LogP contribution in [0.2, 0.25) is 0 Å². The van der Waals surface area contributed by atoms with Crippen LogP contribution in [0.25, 0.3) is 0 Å². The van der Waals surface area contributed by atoms with Crippen molar-refractivity contribution in [1.29, 1.82) is 0 Å². The van der Waals surface area contributed by atoms with Crippen LogP contribution in [0.5, 0.6) is 0 Å². The molecule has 0 unspecified atom stereocenters. The average molecular weight is 137 g/mol. The lowest BCUT2D eigenvalue weighted by atomic mass is 10.6. The van der Waals surface area contributed by atoms with Crippen molar-refractivity contribution in [3.8, 4) is 0 Å². The predicted molar refractivity (Wildman–Crippen MR) is 43.6 cm³/mol. The second kappa shape index (κ2) is 3.82. The van der Waals surface area contributed by atoms with Crippen molar-refractivity contribution in [2.45, 2.75) is 6.92 Å². The van der Waals surface area contributed by atoms with Crippen molar-refractivity contribution in [2.24, 2.45) is 9.98 Å². The van der Waals surface area contributed by atoms with Crippen molar-refractivity contribution >= 4 is 12.1 Å². The first-order chi connectivity index (χ1) is 4.89. The summed E-state index contributed by atoms with van der Waals surface area (Å²) in [5.74, 6) is 0.970. The van der Waals surface area contributed by atoms with E-state index in [1.165, 1.54) is 0 Å². The number of rotatable bonds is 0. The number of hydrogen-bond donors (Lipinski definition) is 1. The lowest BCUT2D eigenvalue weighted by Crippen LogP contribution is -2.22. The monoisotopic (exact) mass is 137 g/mol. The molecule has 0 aromatic heterocycles. The minimum absolute atomic E-state index is 0.718. The van der Waals surface area contributed by atoms with E-state index in [0.717, 1.165) is 18.9 Å². The molecule has 10 heavy (non-hydrogen) atoms. The van der Waals surface area contributed by atoms with E-state index in [1.54, 1.807) is 6.20 Å². The van der Waals surface area contributed by atoms with Gasteiger partial charge in [0.1, 0.15) is 0 Å². The Kier molecular flexibility index (Phi) is 2.67. The van der Waals surface area contributed by atoms with Crippen LogP contribution < -0.4 is 5.32 Å². The molecule has 1 aliphatic rings. The smallest absolute Gasteiger partial charge is 0.0938 e. The molecule has 0 aliphatic carbocycles. The van der Waals surface area contributed by atoms with E-state index in [4.69, 9.17) is 0 Å². The minimum Gasteiger partial charge on any atom is -0.369 e. The molecule has 0 bridgehead atoms. The van der Waals surface area contributed by atoms with E-state index in [-0.39, 0.29) is 0 Å². The normalized spacial score (nSPS) is 21.5. The zero-order valence-electron chi connectivity index (χ0n) is 6.04. The Morgan fingerprint density at radius 3 is 3.40 bits per heavy atom. The van der Waals surface area contributed by atoms with Gasteiger partial charge in [0.25, 0.3) is 0 Å². The second-order valence-electron chi connectivity index (χ2n) is 2.02. The summed E-state index contributed by atoms with van der Waals surface area (Å²) in [6, 6.07) is 0. The summed E-state index contributed by atoms with van der Waals surface area (Å²) < 4.78 is 0. The van der Waals surface area contributed by atoms with Gasteiger partial charge in [-0.05, 0) is 13.0 Å². The summed E-state index contributed by atoms with van der Waals surface area (Å²) in [5, 5.41) is 3.09. The highest BCUT2D eigenvalue weighted by atomic mass is 15.0. The third kappa shape index (κ3) is 2.44. The molecular formula is C7H11N3. The first-order valence-corrected chi connectivity index (χ1v) is 3.31. The minimum atomic E-state index is 0.718. The summed E-state index contributed by atoms with van der Waals surface area (Å²) in [6.45, 7) is 3.43. The first-order valence-electron chi connectivity index (χ1n) is 3.31. The van der Waals surface area contributed by atoms with Crippen LogP contribution in [-0.4, -0.2) is 25.1 Å². The Bertz CT molecular complexity index is 179. The molecule has 0 spiro atoms. The Morgan fingerprint density at radius 2 is 2.50 bits per heavy atom. The third-order valence-corrected chi connectivity index (χ3v) is 1.18. The van der Waals surface area contributed by atoms with Gasteiger partial charge >= 0.3 is 0 Å². The molecule has 1 heterocycles. The molecular weight excluding hydrogens is 126 g/mol. The van der Waals surface area contributed by atoms with E-state index < -0.39 is 0 Å². The zero-order valence-corrected chi connectivity index (χ0v) is 6.04. The lowest BCUT2D eigenvalue weighted by Gasteiger charge is -1.98. The summed E-state index contributed by atoms with van der Waals surface area (Å²) in [6.07, 6.45) is 5.51. The van der Waals surface area contributed by atoms with Crippen LogP contribution in [0, 0.1) is 0 Å². The van der Waals surface area contributed by atoms with Gasteiger partial charge in [-0.2, -0.15) is 0 Å². The van der Waals surface area contributed by atoms with Gasteiger partial charge < -0.3 is 5.32 Å². The zero-order chi connectivity index (χ0) is 7.23. The van der Waals surface area contributed by atoms with Gasteiger partial charge in [-0.3, -0.25) is 9.98 Å². The average Bonchev–Trinajstić information content (AvgIpc) is 2.02. The number of nitrogens with one attached hydrogen (secondary N) is 1. The van der Waals surface area contributed by atoms with Gasteiger partial charge in [0.2, 0.25) is 0 Å². The van der Waals surface area contributed by atoms with Gasteiger partial charge in [0.05, 0.1) is 18.9 Å². The molecule has 0 aromatic carbocycles. The molecule has 0 radical (unpaired) electrons. The highest BCUT2D eigenvalue weighted by Crippen LogP contribution is 1.81. The maximum Gasteiger partial charge on any atom is 0.0938 e. The van der Waals surface area contributed by atoms with Gasteiger partial charge in [-0.15, -0.1) is 0 Å². The molecule has 1 N–H and O–H groups in total. The molecule has 0 amide bonds. The second-order valence-corrected chi connectivity index (χ2v) is 2.02. The van der Waals surface area contributed by atoms with Gasteiger partial charge in [-0.25, -0.2) is 0 Å². The van der Waals surface area contributed by atoms with Crippen LogP contribution in [0.4, 0.5) is 0 Å². The fraction of sp³-hybridized carbons (Fsp3) is 0.429. The molecule has 3 heteroatoms. The van der Waals surface area contributed by atoms with E-state index in [9.17, 15) is 0 Å². The van der Waals surface area contributed by atoms with Crippen molar-refractivity contribution in [3.05, 3.63) is 12.3 Å². The molecule has 1 rings (SSSR count). The summed E-state index contributed by atoms with van der Waals surface area (Å²) in [4.78, 5) is 8.17. The summed E-state index contributed by atoms with van der Waals surface area (Å²) in [5.41, 5.74) is 0. The van der Waals surface area contributed by atoms with E-state index in [1.807, 2.05) is 19.2 Å². The van der Waals surface area contributed by atoms with E-state index in [2.05, 4.69) is 15.3 Å². The molecule has 0 fully saturated rings. The van der Waals surface area contributed by atoms with Gasteiger partial charge in [0.15, 0.2) is 0 Å². The predicted octanol–water partition coefficient (Wildman–Crippen LogP) is 0.593. The van der Waals surface area contributed by atoms with Crippen molar-refractivity contribution in [1.82, 2.24) is 5.32 Å². The quantitative estimate of drug-likeness (QED) is 0.521. The largest absolute Gasteiger partial charge is 0.369 e. The number of hydrogen-bond acceptors (Lipinski definition) is 3.